The number of para-hydroxylation sites is 1. The number of rotatable bonds is 6. The second-order valence-corrected chi connectivity index (χ2v) is 4.13. The lowest BCUT2D eigenvalue weighted by Gasteiger charge is -2.05. The van der Waals surface area contributed by atoms with Gasteiger partial charge in [-0.25, -0.2) is 0 Å². The third-order valence-electron chi connectivity index (χ3n) is 2.63. The molecule has 1 aromatic heterocycles. The molecule has 0 spiro atoms. The van der Waals surface area contributed by atoms with Crippen LogP contribution in [0.5, 0.6) is 5.75 Å². The lowest BCUT2D eigenvalue weighted by Crippen LogP contribution is -2.28. The number of aromatic nitrogens is 2. The summed E-state index contributed by atoms with van der Waals surface area (Å²) in [7, 11) is 3.21. The predicted molar refractivity (Wildman–Crippen MR) is 69.8 cm³/mol. The van der Waals surface area contributed by atoms with Crippen LogP contribution in [-0.4, -0.2) is 37.0 Å². The summed E-state index contributed by atoms with van der Waals surface area (Å²) in [6.07, 6.45) is 0.482. The predicted octanol–water partition coefficient (Wildman–Crippen LogP) is 1.26. The van der Waals surface area contributed by atoms with Gasteiger partial charge in [-0.1, -0.05) is 17.3 Å². The molecule has 2 rings (SSSR count). The Hall–Kier alpha value is -1.92. The largest absolute Gasteiger partial charge is 0.496 e. The Kier molecular flexibility index (Phi) is 4.48. The first-order valence-corrected chi connectivity index (χ1v) is 5.95. The van der Waals surface area contributed by atoms with Crippen LogP contribution in [0.1, 0.15) is 5.89 Å². The number of benzene rings is 1. The molecular weight excluding hydrogens is 246 g/mol. The zero-order valence-corrected chi connectivity index (χ0v) is 11.0. The molecule has 2 N–H and O–H groups in total. The molecule has 102 valence electrons. The molecule has 1 aromatic carbocycles. The monoisotopic (exact) mass is 263 g/mol. The molecule has 2 aromatic rings. The molecule has 0 radical (unpaired) electrons. The van der Waals surface area contributed by atoms with Crippen LogP contribution < -0.4 is 10.5 Å². The van der Waals surface area contributed by atoms with Gasteiger partial charge in [0.05, 0.1) is 19.3 Å². The molecule has 0 fully saturated rings. The highest BCUT2D eigenvalue weighted by Crippen LogP contribution is 2.27. The Morgan fingerprint density at radius 1 is 1.32 bits per heavy atom. The van der Waals surface area contributed by atoms with Gasteiger partial charge in [-0.05, 0) is 12.1 Å². The van der Waals surface area contributed by atoms with Crippen LogP contribution in [0.3, 0.4) is 0 Å². The zero-order valence-electron chi connectivity index (χ0n) is 11.0. The summed E-state index contributed by atoms with van der Waals surface area (Å²) in [5.74, 6) is 1.69. The summed E-state index contributed by atoms with van der Waals surface area (Å²) >= 11 is 0. The van der Waals surface area contributed by atoms with Gasteiger partial charge in [-0.3, -0.25) is 0 Å². The molecule has 6 heteroatoms. The van der Waals surface area contributed by atoms with Gasteiger partial charge in [0, 0.05) is 19.6 Å². The fourth-order valence-electron chi connectivity index (χ4n) is 1.77. The maximum atomic E-state index is 5.84. The van der Waals surface area contributed by atoms with Crippen molar-refractivity contribution in [3.63, 3.8) is 0 Å². The van der Waals surface area contributed by atoms with E-state index in [0.29, 0.717) is 30.5 Å². The van der Waals surface area contributed by atoms with Gasteiger partial charge < -0.3 is 19.7 Å². The molecular formula is C13H17N3O3. The second kappa shape index (κ2) is 6.31. The second-order valence-electron chi connectivity index (χ2n) is 4.13. The van der Waals surface area contributed by atoms with Crippen LogP contribution in [0.4, 0.5) is 0 Å². The number of hydrogen-bond donors (Lipinski definition) is 1. The van der Waals surface area contributed by atoms with E-state index in [1.54, 1.807) is 14.2 Å². The van der Waals surface area contributed by atoms with Crippen LogP contribution in [0.15, 0.2) is 28.8 Å². The molecule has 0 aliphatic carbocycles. The summed E-state index contributed by atoms with van der Waals surface area (Å²) in [5, 5.41) is 3.95. The van der Waals surface area contributed by atoms with E-state index in [9.17, 15) is 0 Å². The maximum absolute atomic E-state index is 5.84. The van der Waals surface area contributed by atoms with Crippen LogP contribution in [0, 0.1) is 0 Å². The van der Waals surface area contributed by atoms with E-state index in [0.717, 1.165) is 5.56 Å². The number of methoxy groups -OCH3 is 2. The first-order valence-electron chi connectivity index (χ1n) is 5.95. The van der Waals surface area contributed by atoms with Crippen LogP contribution in [0.2, 0.25) is 0 Å². The smallest absolute Gasteiger partial charge is 0.228 e. The van der Waals surface area contributed by atoms with Gasteiger partial charge in [-0.15, -0.1) is 0 Å². The fourth-order valence-corrected chi connectivity index (χ4v) is 1.77. The highest BCUT2D eigenvalue weighted by molar-refractivity contribution is 5.63. The lowest BCUT2D eigenvalue weighted by atomic mass is 10.2. The van der Waals surface area contributed by atoms with Crippen molar-refractivity contribution in [2.45, 2.75) is 12.5 Å². The average Bonchev–Trinajstić information content (AvgIpc) is 2.87. The van der Waals surface area contributed by atoms with Gasteiger partial charge in [0.15, 0.2) is 0 Å². The molecule has 0 saturated heterocycles. The highest BCUT2D eigenvalue weighted by Gasteiger charge is 2.14. The summed E-state index contributed by atoms with van der Waals surface area (Å²) < 4.78 is 15.4. The maximum Gasteiger partial charge on any atom is 0.228 e. The van der Waals surface area contributed by atoms with Crippen molar-refractivity contribution >= 4 is 0 Å². The van der Waals surface area contributed by atoms with Crippen LogP contribution in [0.25, 0.3) is 11.4 Å². The van der Waals surface area contributed by atoms with Crippen LogP contribution >= 0.6 is 0 Å². The van der Waals surface area contributed by atoms with Crippen molar-refractivity contribution in [1.82, 2.24) is 10.1 Å². The van der Waals surface area contributed by atoms with E-state index in [1.165, 1.54) is 0 Å². The van der Waals surface area contributed by atoms with Crippen LogP contribution in [-0.2, 0) is 11.2 Å². The summed E-state index contributed by atoms with van der Waals surface area (Å²) in [6.45, 7) is 0.451. The summed E-state index contributed by atoms with van der Waals surface area (Å²) in [6, 6.07) is 7.35. The van der Waals surface area contributed by atoms with Gasteiger partial charge in [0.25, 0.3) is 0 Å². The molecule has 19 heavy (non-hydrogen) atoms. The number of hydrogen-bond acceptors (Lipinski definition) is 6. The first-order chi connectivity index (χ1) is 9.24. The normalized spacial score (nSPS) is 12.4. The van der Waals surface area contributed by atoms with Crippen molar-refractivity contribution in [3.8, 4) is 17.1 Å². The Morgan fingerprint density at radius 2 is 2.11 bits per heavy atom. The molecule has 1 unspecified atom stereocenters. The number of nitrogens with zero attached hydrogens (tertiary/aromatic N) is 2. The third-order valence-corrected chi connectivity index (χ3v) is 2.63. The average molecular weight is 263 g/mol. The fraction of sp³-hybridized carbons (Fsp3) is 0.385. The van der Waals surface area contributed by atoms with Gasteiger partial charge >= 0.3 is 0 Å². The minimum Gasteiger partial charge on any atom is -0.496 e. The van der Waals surface area contributed by atoms with Gasteiger partial charge in [0.1, 0.15) is 5.75 Å². The van der Waals surface area contributed by atoms with Crippen molar-refractivity contribution in [1.29, 1.82) is 0 Å². The number of ether oxygens (including phenoxy) is 2. The Morgan fingerprint density at radius 3 is 2.84 bits per heavy atom. The van der Waals surface area contributed by atoms with E-state index < -0.39 is 0 Å². The molecule has 6 nitrogen and oxygen atoms in total. The van der Waals surface area contributed by atoms with Gasteiger partial charge in [0.2, 0.25) is 11.7 Å². The third kappa shape index (κ3) is 3.30. The van der Waals surface area contributed by atoms with Crippen molar-refractivity contribution < 1.29 is 14.0 Å². The minimum absolute atomic E-state index is 0.157. The van der Waals surface area contributed by atoms with Crippen molar-refractivity contribution in [2.24, 2.45) is 5.73 Å². The highest BCUT2D eigenvalue weighted by atomic mass is 16.5. The Bertz CT molecular complexity index is 527. The summed E-state index contributed by atoms with van der Waals surface area (Å²) in [4.78, 5) is 4.32. The quantitative estimate of drug-likeness (QED) is 0.844. The Labute approximate surface area is 111 Å². The SMILES string of the molecule is COCC(N)Cc1nc(-c2ccccc2OC)no1. The molecule has 0 saturated carbocycles. The standard InChI is InChI=1S/C13H17N3O3/c1-17-8-9(14)7-12-15-13(16-19-12)10-5-3-4-6-11(10)18-2/h3-6,9H,7-8,14H2,1-2H3. The molecule has 0 aliphatic rings. The van der Waals surface area contributed by atoms with E-state index in [4.69, 9.17) is 19.7 Å². The molecule has 0 aliphatic heterocycles. The first kappa shape index (κ1) is 13.5. The minimum atomic E-state index is -0.157. The molecule has 1 heterocycles. The molecule has 0 bridgehead atoms. The summed E-state index contributed by atoms with van der Waals surface area (Å²) in [5.41, 5.74) is 6.63. The number of nitrogens with two attached hydrogens (primary N) is 1. The van der Waals surface area contributed by atoms with E-state index in [2.05, 4.69) is 10.1 Å². The van der Waals surface area contributed by atoms with E-state index in [-0.39, 0.29) is 6.04 Å². The molecule has 1 atom stereocenters. The van der Waals surface area contributed by atoms with Crippen molar-refractivity contribution in [2.75, 3.05) is 20.8 Å². The van der Waals surface area contributed by atoms with E-state index in [1.807, 2.05) is 24.3 Å². The lowest BCUT2D eigenvalue weighted by molar-refractivity contribution is 0.176. The molecule has 0 amide bonds. The van der Waals surface area contributed by atoms with Crippen molar-refractivity contribution in [3.05, 3.63) is 30.2 Å². The Balaban J connectivity index is 2.16. The topological polar surface area (TPSA) is 83.4 Å². The zero-order chi connectivity index (χ0) is 13.7. The van der Waals surface area contributed by atoms with Gasteiger partial charge in [-0.2, -0.15) is 4.98 Å². The van der Waals surface area contributed by atoms with E-state index >= 15 is 0 Å².